The summed E-state index contributed by atoms with van der Waals surface area (Å²) in [5.74, 6) is 1.30. The summed E-state index contributed by atoms with van der Waals surface area (Å²) < 4.78 is 0. The Balaban J connectivity index is 2.81. The number of hydrogen-bond acceptors (Lipinski definition) is 3. The quantitative estimate of drug-likeness (QED) is 0.729. The first-order valence-electron chi connectivity index (χ1n) is 4.26. The van der Waals surface area contributed by atoms with Crippen LogP contribution in [-0.2, 0) is 6.42 Å². The van der Waals surface area contributed by atoms with Gasteiger partial charge in [-0.15, -0.1) is 0 Å². The highest BCUT2D eigenvalue weighted by molar-refractivity contribution is 5.04. The van der Waals surface area contributed by atoms with Crippen LogP contribution in [0.2, 0.25) is 0 Å². The van der Waals surface area contributed by atoms with Gasteiger partial charge in [0, 0.05) is 24.2 Å². The van der Waals surface area contributed by atoms with E-state index in [-0.39, 0.29) is 0 Å². The Morgan fingerprint density at radius 2 is 2.25 bits per heavy atom. The van der Waals surface area contributed by atoms with Crippen LogP contribution >= 0.6 is 0 Å². The third-order valence-electron chi connectivity index (χ3n) is 1.65. The monoisotopic (exact) mass is 165 g/mol. The number of aromatic nitrogens is 2. The van der Waals surface area contributed by atoms with E-state index in [1.54, 1.807) is 6.20 Å². The maximum atomic E-state index is 5.43. The van der Waals surface area contributed by atoms with Crippen LogP contribution in [0.4, 0.5) is 0 Å². The van der Waals surface area contributed by atoms with Gasteiger partial charge < -0.3 is 5.73 Å². The van der Waals surface area contributed by atoms with Crippen LogP contribution in [0.25, 0.3) is 0 Å². The van der Waals surface area contributed by atoms with E-state index < -0.39 is 0 Å². The standard InChI is InChI=1S/C9H15N3/c1-7(2)9-11-6-4-8(12-9)3-5-10/h4,6-7H,3,5,10H2,1-2H3. The van der Waals surface area contributed by atoms with Crippen molar-refractivity contribution < 1.29 is 0 Å². The van der Waals surface area contributed by atoms with E-state index in [2.05, 4.69) is 23.8 Å². The molecule has 66 valence electrons. The maximum Gasteiger partial charge on any atom is 0.131 e. The van der Waals surface area contributed by atoms with Crippen molar-refractivity contribution >= 4 is 0 Å². The number of nitrogens with two attached hydrogens (primary N) is 1. The first kappa shape index (κ1) is 9.13. The number of rotatable bonds is 3. The van der Waals surface area contributed by atoms with Crippen LogP contribution in [0.3, 0.4) is 0 Å². The summed E-state index contributed by atoms with van der Waals surface area (Å²) in [5, 5.41) is 0. The lowest BCUT2D eigenvalue weighted by molar-refractivity contribution is 0.753. The normalized spacial score (nSPS) is 10.7. The molecule has 1 aromatic heterocycles. The molecule has 0 saturated carbocycles. The van der Waals surface area contributed by atoms with E-state index in [9.17, 15) is 0 Å². The van der Waals surface area contributed by atoms with Crippen LogP contribution in [0.1, 0.15) is 31.3 Å². The average Bonchev–Trinajstić information content (AvgIpc) is 2.05. The van der Waals surface area contributed by atoms with Gasteiger partial charge in [0.1, 0.15) is 5.82 Å². The number of nitrogens with zero attached hydrogens (tertiary/aromatic N) is 2. The second-order valence-corrected chi connectivity index (χ2v) is 3.10. The molecule has 3 heteroatoms. The highest BCUT2D eigenvalue weighted by Crippen LogP contribution is 2.07. The smallest absolute Gasteiger partial charge is 0.131 e. The van der Waals surface area contributed by atoms with E-state index in [1.807, 2.05) is 6.07 Å². The SMILES string of the molecule is CC(C)c1nccc(CCN)n1. The summed E-state index contributed by atoms with van der Waals surface area (Å²) in [6.07, 6.45) is 2.63. The zero-order valence-corrected chi connectivity index (χ0v) is 7.62. The van der Waals surface area contributed by atoms with Crippen molar-refractivity contribution in [1.82, 2.24) is 9.97 Å². The largest absolute Gasteiger partial charge is 0.330 e. The fourth-order valence-electron chi connectivity index (χ4n) is 0.978. The minimum absolute atomic E-state index is 0.391. The van der Waals surface area contributed by atoms with Gasteiger partial charge in [0.2, 0.25) is 0 Å². The van der Waals surface area contributed by atoms with Crippen LogP contribution in [0.15, 0.2) is 12.3 Å². The zero-order valence-electron chi connectivity index (χ0n) is 7.62. The minimum atomic E-state index is 0.391. The van der Waals surface area contributed by atoms with Gasteiger partial charge in [-0.2, -0.15) is 0 Å². The molecule has 0 aliphatic heterocycles. The zero-order chi connectivity index (χ0) is 8.97. The lowest BCUT2D eigenvalue weighted by Gasteiger charge is -2.04. The number of hydrogen-bond donors (Lipinski definition) is 1. The molecule has 1 rings (SSSR count). The average molecular weight is 165 g/mol. The third kappa shape index (κ3) is 2.27. The maximum absolute atomic E-state index is 5.43. The summed E-state index contributed by atoms with van der Waals surface area (Å²) in [6, 6.07) is 1.92. The van der Waals surface area contributed by atoms with Crippen molar-refractivity contribution in [3.05, 3.63) is 23.8 Å². The molecule has 0 aromatic carbocycles. The van der Waals surface area contributed by atoms with Gasteiger partial charge in [-0.3, -0.25) is 0 Å². The topological polar surface area (TPSA) is 51.8 Å². The second kappa shape index (κ2) is 4.16. The predicted octanol–water partition coefficient (Wildman–Crippen LogP) is 1.10. The molecular formula is C9H15N3. The fraction of sp³-hybridized carbons (Fsp3) is 0.556. The molecule has 0 bridgehead atoms. The Morgan fingerprint density at radius 3 is 2.83 bits per heavy atom. The van der Waals surface area contributed by atoms with E-state index >= 15 is 0 Å². The van der Waals surface area contributed by atoms with Crippen molar-refractivity contribution in [1.29, 1.82) is 0 Å². The molecule has 1 aromatic rings. The highest BCUT2D eigenvalue weighted by Gasteiger charge is 2.02. The molecule has 0 amide bonds. The van der Waals surface area contributed by atoms with Crippen LogP contribution in [0.5, 0.6) is 0 Å². The fourth-order valence-corrected chi connectivity index (χ4v) is 0.978. The van der Waals surface area contributed by atoms with Gasteiger partial charge in [-0.25, -0.2) is 9.97 Å². The van der Waals surface area contributed by atoms with E-state index in [4.69, 9.17) is 5.73 Å². The van der Waals surface area contributed by atoms with Crippen LogP contribution < -0.4 is 5.73 Å². The van der Waals surface area contributed by atoms with Gasteiger partial charge in [0.25, 0.3) is 0 Å². The molecule has 0 saturated heterocycles. The van der Waals surface area contributed by atoms with Gasteiger partial charge in [-0.05, 0) is 12.6 Å². The summed E-state index contributed by atoms with van der Waals surface area (Å²) in [7, 11) is 0. The van der Waals surface area contributed by atoms with Gasteiger partial charge in [-0.1, -0.05) is 13.8 Å². The molecule has 1 heterocycles. The molecule has 0 aliphatic rings. The summed E-state index contributed by atoms with van der Waals surface area (Å²) in [4.78, 5) is 8.54. The van der Waals surface area contributed by atoms with Crippen molar-refractivity contribution in [2.75, 3.05) is 6.54 Å². The molecule has 12 heavy (non-hydrogen) atoms. The summed E-state index contributed by atoms with van der Waals surface area (Å²) in [5.41, 5.74) is 6.46. The highest BCUT2D eigenvalue weighted by atomic mass is 14.9. The lowest BCUT2D eigenvalue weighted by Crippen LogP contribution is -2.07. The Morgan fingerprint density at radius 1 is 1.50 bits per heavy atom. The molecule has 0 fully saturated rings. The molecule has 3 nitrogen and oxygen atoms in total. The van der Waals surface area contributed by atoms with E-state index in [0.717, 1.165) is 17.9 Å². The van der Waals surface area contributed by atoms with Gasteiger partial charge in [0.15, 0.2) is 0 Å². The summed E-state index contributed by atoms with van der Waals surface area (Å²) >= 11 is 0. The predicted molar refractivity (Wildman–Crippen MR) is 48.9 cm³/mol. The van der Waals surface area contributed by atoms with Crippen molar-refractivity contribution in [2.45, 2.75) is 26.2 Å². The van der Waals surface area contributed by atoms with Crippen LogP contribution in [0, 0.1) is 0 Å². The van der Waals surface area contributed by atoms with Crippen molar-refractivity contribution in [3.63, 3.8) is 0 Å². The third-order valence-corrected chi connectivity index (χ3v) is 1.65. The first-order valence-corrected chi connectivity index (χ1v) is 4.26. The van der Waals surface area contributed by atoms with Crippen molar-refractivity contribution in [3.8, 4) is 0 Å². The molecular weight excluding hydrogens is 150 g/mol. The van der Waals surface area contributed by atoms with E-state index in [1.165, 1.54) is 0 Å². The Bertz CT molecular complexity index is 245. The minimum Gasteiger partial charge on any atom is -0.330 e. The Labute approximate surface area is 73.0 Å². The second-order valence-electron chi connectivity index (χ2n) is 3.10. The van der Waals surface area contributed by atoms with E-state index in [0.29, 0.717) is 12.5 Å². The molecule has 0 unspecified atom stereocenters. The Kier molecular flexibility index (Phi) is 3.17. The molecule has 0 spiro atoms. The summed E-state index contributed by atoms with van der Waals surface area (Å²) in [6.45, 7) is 4.82. The molecule has 0 radical (unpaired) electrons. The van der Waals surface area contributed by atoms with Crippen molar-refractivity contribution in [2.24, 2.45) is 5.73 Å². The lowest BCUT2D eigenvalue weighted by atomic mass is 10.2. The Hall–Kier alpha value is -0.960. The van der Waals surface area contributed by atoms with Gasteiger partial charge in [0.05, 0.1) is 0 Å². The molecule has 0 aliphatic carbocycles. The van der Waals surface area contributed by atoms with Gasteiger partial charge >= 0.3 is 0 Å². The first-order chi connectivity index (χ1) is 5.74. The molecule has 2 N–H and O–H groups in total. The molecule has 0 atom stereocenters. The van der Waals surface area contributed by atoms with Crippen LogP contribution in [-0.4, -0.2) is 16.5 Å².